The Labute approximate surface area is 158 Å². The molecule has 2 atom stereocenters. The molecule has 1 aromatic rings. The van der Waals surface area contributed by atoms with Crippen molar-refractivity contribution in [1.29, 1.82) is 0 Å². The zero-order chi connectivity index (χ0) is 19.5. The zero-order valence-electron chi connectivity index (χ0n) is 15.7. The first-order chi connectivity index (χ1) is 12.4. The van der Waals surface area contributed by atoms with E-state index in [2.05, 4.69) is 15.6 Å². The van der Waals surface area contributed by atoms with Crippen LogP contribution in [0.15, 0.2) is 23.4 Å². The molecule has 0 unspecified atom stereocenters. The number of esters is 1. The first-order valence-corrected chi connectivity index (χ1v) is 9.69. The first-order valence-electron chi connectivity index (χ1n) is 8.70. The number of aromatic nitrogens is 1. The summed E-state index contributed by atoms with van der Waals surface area (Å²) >= 11 is 1.16. The maximum Gasteiger partial charge on any atom is 0.341 e. The number of nitrogens with zero attached hydrogens (tertiary/aromatic N) is 1. The lowest BCUT2D eigenvalue weighted by molar-refractivity contribution is -0.124. The summed E-state index contributed by atoms with van der Waals surface area (Å²) in [5, 5.41) is 5.98. The molecule has 0 spiro atoms. The quantitative estimate of drug-likeness (QED) is 0.476. The van der Waals surface area contributed by atoms with E-state index in [1.54, 1.807) is 18.3 Å². The molecule has 0 aliphatic heterocycles. The topological polar surface area (TPSA) is 97.4 Å². The number of thioether (sulfide) groups is 1. The first kappa shape index (κ1) is 22.0. The Balaban J connectivity index is 2.60. The van der Waals surface area contributed by atoms with E-state index in [1.807, 2.05) is 27.7 Å². The van der Waals surface area contributed by atoms with Crippen LogP contribution in [-0.4, -0.2) is 47.2 Å². The maximum atomic E-state index is 12.2. The summed E-state index contributed by atoms with van der Waals surface area (Å²) in [5.74, 6) is -0.959. The summed E-state index contributed by atoms with van der Waals surface area (Å²) in [6.07, 6.45) is 3.18. The number of carbonyl (C=O) groups is 3. The molecular weight excluding hydrogens is 354 g/mol. The summed E-state index contributed by atoms with van der Waals surface area (Å²) in [7, 11) is 0. The van der Waals surface area contributed by atoms with Crippen molar-refractivity contribution in [1.82, 2.24) is 15.6 Å². The minimum atomic E-state index is -0.637. The Morgan fingerprint density at radius 3 is 2.35 bits per heavy atom. The van der Waals surface area contributed by atoms with Crippen molar-refractivity contribution in [2.75, 3.05) is 12.4 Å². The zero-order valence-corrected chi connectivity index (χ0v) is 16.5. The third kappa shape index (κ3) is 7.86. The third-order valence-corrected chi connectivity index (χ3v) is 4.71. The Hall–Kier alpha value is -2.09. The fraction of sp³-hybridized carbons (Fsp3) is 0.556. The Bertz CT molecular complexity index is 624. The van der Waals surface area contributed by atoms with Gasteiger partial charge in [0.15, 0.2) is 6.61 Å². The van der Waals surface area contributed by atoms with Crippen LogP contribution in [0, 0.1) is 0 Å². The number of carbonyl (C=O) groups excluding carboxylic acids is 3. The van der Waals surface area contributed by atoms with E-state index in [-0.39, 0.29) is 41.8 Å². The predicted octanol–water partition coefficient (Wildman–Crippen LogP) is 2.16. The largest absolute Gasteiger partial charge is 0.452 e. The van der Waals surface area contributed by atoms with Crippen molar-refractivity contribution < 1.29 is 19.1 Å². The molecule has 0 bridgehead atoms. The molecule has 0 radical (unpaired) electrons. The van der Waals surface area contributed by atoms with Gasteiger partial charge in [0, 0.05) is 18.3 Å². The van der Waals surface area contributed by atoms with E-state index in [4.69, 9.17) is 4.74 Å². The molecule has 8 heteroatoms. The summed E-state index contributed by atoms with van der Waals surface area (Å²) in [4.78, 5) is 40.0. The molecule has 0 aliphatic rings. The van der Waals surface area contributed by atoms with Gasteiger partial charge in [-0.05, 0) is 38.8 Å². The minimum Gasteiger partial charge on any atom is -0.452 e. The summed E-state index contributed by atoms with van der Waals surface area (Å²) in [6, 6.07) is 3.30. The van der Waals surface area contributed by atoms with Crippen molar-refractivity contribution in [2.45, 2.75) is 57.6 Å². The molecule has 0 saturated heterocycles. The maximum absolute atomic E-state index is 12.2. The van der Waals surface area contributed by atoms with Gasteiger partial charge < -0.3 is 15.4 Å². The van der Waals surface area contributed by atoms with E-state index in [1.165, 1.54) is 0 Å². The van der Waals surface area contributed by atoms with Crippen LogP contribution in [0.4, 0.5) is 0 Å². The van der Waals surface area contributed by atoms with Crippen LogP contribution in [-0.2, 0) is 14.3 Å². The molecule has 0 fully saturated rings. The van der Waals surface area contributed by atoms with Crippen molar-refractivity contribution in [3.63, 3.8) is 0 Å². The van der Waals surface area contributed by atoms with E-state index in [0.717, 1.165) is 24.6 Å². The molecule has 0 saturated carbocycles. The number of pyridine rings is 1. The number of hydrogen-bond acceptors (Lipinski definition) is 6. The average Bonchev–Trinajstić information content (AvgIpc) is 2.64. The Morgan fingerprint density at radius 1 is 1.12 bits per heavy atom. The van der Waals surface area contributed by atoms with Crippen molar-refractivity contribution in [2.24, 2.45) is 0 Å². The van der Waals surface area contributed by atoms with Crippen LogP contribution in [0.25, 0.3) is 0 Å². The van der Waals surface area contributed by atoms with Crippen LogP contribution >= 0.6 is 11.8 Å². The summed E-state index contributed by atoms with van der Waals surface area (Å²) < 4.78 is 5.06. The van der Waals surface area contributed by atoms with Crippen LogP contribution in [0.2, 0.25) is 0 Å². The molecule has 2 amide bonds. The highest BCUT2D eigenvalue weighted by molar-refractivity contribution is 8.00. The molecule has 1 aromatic heterocycles. The number of amides is 2. The lowest BCUT2D eigenvalue weighted by Gasteiger charge is -2.13. The second-order valence-corrected chi connectivity index (χ2v) is 6.94. The minimum absolute atomic E-state index is 0.0229. The molecule has 1 heterocycles. The normalized spacial score (nSPS) is 12.8. The summed E-state index contributed by atoms with van der Waals surface area (Å²) in [5.41, 5.74) is 0.241. The molecular formula is C18H27N3O4S. The smallest absolute Gasteiger partial charge is 0.341 e. The fourth-order valence-corrected chi connectivity index (χ4v) is 2.63. The van der Waals surface area contributed by atoms with E-state index in [0.29, 0.717) is 5.03 Å². The summed E-state index contributed by atoms with van der Waals surface area (Å²) in [6.45, 7) is 7.39. The second-order valence-electron chi connectivity index (χ2n) is 5.97. The van der Waals surface area contributed by atoms with Gasteiger partial charge in [-0.3, -0.25) is 9.59 Å². The number of nitrogens with one attached hydrogen (secondary N) is 2. The van der Waals surface area contributed by atoms with Gasteiger partial charge in [0.1, 0.15) is 5.03 Å². The molecule has 26 heavy (non-hydrogen) atoms. The van der Waals surface area contributed by atoms with Crippen LogP contribution in [0.5, 0.6) is 0 Å². The van der Waals surface area contributed by atoms with Gasteiger partial charge in [-0.1, -0.05) is 25.6 Å². The van der Waals surface area contributed by atoms with Crippen LogP contribution in [0.1, 0.15) is 50.9 Å². The van der Waals surface area contributed by atoms with Gasteiger partial charge >= 0.3 is 5.97 Å². The van der Waals surface area contributed by atoms with Gasteiger partial charge in [0.2, 0.25) is 5.91 Å². The van der Waals surface area contributed by atoms with Crippen molar-refractivity contribution in [3.8, 4) is 0 Å². The SMILES string of the molecule is CC[C@@H](C)NC(=O)COC(=O)c1cccnc1SCC(=O)N[C@H](C)CC. The van der Waals surface area contributed by atoms with Gasteiger partial charge in [-0.25, -0.2) is 9.78 Å². The van der Waals surface area contributed by atoms with Crippen molar-refractivity contribution >= 4 is 29.5 Å². The van der Waals surface area contributed by atoms with Gasteiger partial charge in [-0.2, -0.15) is 0 Å². The third-order valence-electron chi connectivity index (χ3n) is 3.70. The lowest BCUT2D eigenvalue weighted by Crippen LogP contribution is -2.35. The van der Waals surface area contributed by atoms with Crippen LogP contribution in [0.3, 0.4) is 0 Å². The standard InChI is InChI=1S/C18H27N3O4S/c1-5-12(3)20-15(22)10-25-18(24)14-8-7-9-19-17(14)26-11-16(23)21-13(4)6-2/h7-9,12-13H,5-6,10-11H2,1-4H3,(H,20,22)(H,21,23)/t12-,13-/m1/s1. The number of ether oxygens (including phenoxy) is 1. The molecule has 2 N–H and O–H groups in total. The highest BCUT2D eigenvalue weighted by Gasteiger charge is 2.17. The molecule has 0 aromatic carbocycles. The van der Waals surface area contributed by atoms with Crippen LogP contribution < -0.4 is 10.6 Å². The highest BCUT2D eigenvalue weighted by Crippen LogP contribution is 2.20. The van der Waals surface area contributed by atoms with Crippen molar-refractivity contribution in [3.05, 3.63) is 23.9 Å². The Morgan fingerprint density at radius 2 is 1.73 bits per heavy atom. The number of rotatable bonds is 10. The van der Waals surface area contributed by atoms with E-state index < -0.39 is 5.97 Å². The van der Waals surface area contributed by atoms with Gasteiger partial charge in [0.05, 0.1) is 11.3 Å². The molecule has 0 aliphatic carbocycles. The fourth-order valence-electron chi connectivity index (χ4n) is 1.84. The second kappa shape index (κ2) is 11.5. The monoisotopic (exact) mass is 381 g/mol. The molecule has 7 nitrogen and oxygen atoms in total. The van der Waals surface area contributed by atoms with Gasteiger partial charge in [0.25, 0.3) is 5.91 Å². The molecule has 1 rings (SSSR count). The predicted molar refractivity (Wildman–Crippen MR) is 101 cm³/mol. The molecule has 144 valence electrons. The average molecular weight is 381 g/mol. The van der Waals surface area contributed by atoms with Gasteiger partial charge in [-0.15, -0.1) is 0 Å². The number of hydrogen-bond donors (Lipinski definition) is 2. The Kier molecular flexibility index (Phi) is 9.72. The lowest BCUT2D eigenvalue weighted by atomic mass is 10.2. The van der Waals surface area contributed by atoms with E-state index in [9.17, 15) is 14.4 Å². The highest BCUT2D eigenvalue weighted by atomic mass is 32.2. The van der Waals surface area contributed by atoms with E-state index >= 15 is 0 Å².